The molecule has 2 N–H and O–H groups in total. The van der Waals surface area contributed by atoms with E-state index in [1.54, 1.807) is 0 Å². The minimum absolute atomic E-state index is 0.0275. The molecular formula is C28H24Cl2FN3O7S2. The van der Waals surface area contributed by atoms with Crippen LogP contribution in [0.25, 0.3) is 0 Å². The van der Waals surface area contributed by atoms with Gasteiger partial charge in [-0.05, 0) is 78.9 Å². The predicted octanol–water partition coefficient (Wildman–Crippen LogP) is 5.78. The lowest BCUT2D eigenvalue weighted by Gasteiger charge is -2.24. The average Bonchev–Trinajstić information content (AvgIpc) is 2.97. The second kappa shape index (κ2) is 13.1. The Balaban J connectivity index is 1.56. The zero-order valence-electron chi connectivity index (χ0n) is 22.5. The van der Waals surface area contributed by atoms with Crippen LogP contribution in [0.2, 0.25) is 10.0 Å². The molecule has 0 fully saturated rings. The number of hydrogen-bond acceptors (Lipinski definition) is 7. The van der Waals surface area contributed by atoms with Gasteiger partial charge in [-0.1, -0.05) is 23.2 Å². The Bertz CT molecular complexity index is 1860. The number of carbonyl (C=O) groups excluding carboxylic acids is 1. The highest BCUT2D eigenvalue weighted by Crippen LogP contribution is 2.32. The van der Waals surface area contributed by atoms with Gasteiger partial charge in [0.15, 0.2) is 11.5 Å². The maximum Gasteiger partial charge on any atom is 0.264 e. The minimum atomic E-state index is -4.37. The lowest BCUT2D eigenvalue weighted by Crippen LogP contribution is -2.38. The number of halogens is 3. The van der Waals surface area contributed by atoms with Crippen LogP contribution in [0.15, 0.2) is 94.7 Å². The number of nitrogens with one attached hydrogen (secondary N) is 2. The lowest BCUT2D eigenvalue weighted by molar-refractivity contribution is -0.114. The van der Waals surface area contributed by atoms with Gasteiger partial charge in [-0.15, -0.1) is 0 Å². The molecule has 15 heteroatoms. The smallest absolute Gasteiger partial charge is 0.264 e. The van der Waals surface area contributed by atoms with Crippen LogP contribution in [0, 0.1) is 5.82 Å². The summed E-state index contributed by atoms with van der Waals surface area (Å²) in [6.07, 6.45) is 0. The molecule has 10 nitrogen and oxygen atoms in total. The quantitative estimate of drug-likeness (QED) is 0.207. The number of sulfonamides is 2. The number of rotatable bonds is 11. The van der Waals surface area contributed by atoms with E-state index in [4.69, 9.17) is 32.7 Å². The molecule has 0 aromatic heterocycles. The Labute approximate surface area is 258 Å². The normalized spacial score (nSPS) is 11.5. The van der Waals surface area contributed by atoms with Gasteiger partial charge in [0.2, 0.25) is 5.91 Å². The summed E-state index contributed by atoms with van der Waals surface area (Å²) in [5.74, 6) is -0.908. The number of carbonyl (C=O) groups is 1. The Hall–Kier alpha value is -4.04. The van der Waals surface area contributed by atoms with E-state index in [9.17, 15) is 26.0 Å². The van der Waals surface area contributed by atoms with Gasteiger partial charge in [0, 0.05) is 16.8 Å². The third-order valence-corrected chi connectivity index (χ3v) is 9.67. The Morgan fingerprint density at radius 1 is 0.814 bits per heavy atom. The summed E-state index contributed by atoms with van der Waals surface area (Å²) in [6, 6.07) is 18.0. The fraction of sp³-hybridized carbons (Fsp3) is 0.107. The van der Waals surface area contributed by atoms with E-state index in [1.165, 1.54) is 87.0 Å². The fourth-order valence-electron chi connectivity index (χ4n) is 3.85. The average molecular weight is 669 g/mol. The zero-order valence-corrected chi connectivity index (χ0v) is 25.7. The van der Waals surface area contributed by atoms with Crippen molar-refractivity contribution in [1.82, 2.24) is 0 Å². The van der Waals surface area contributed by atoms with E-state index < -0.39 is 38.3 Å². The van der Waals surface area contributed by atoms with Crippen molar-refractivity contribution >= 4 is 66.2 Å². The topological polar surface area (TPSA) is 131 Å². The Morgan fingerprint density at radius 3 is 2.05 bits per heavy atom. The molecule has 226 valence electrons. The van der Waals surface area contributed by atoms with Crippen molar-refractivity contribution in [1.29, 1.82) is 0 Å². The highest BCUT2D eigenvalue weighted by atomic mass is 35.5. The number of ether oxygens (including phenoxy) is 2. The molecule has 0 aliphatic rings. The largest absolute Gasteiger partial charge is 0.493 e. The first-order chi connectivity index (χ1) is 20.3. The van der Waals surface area contributed by atoms with Crippen LogP contribution < -0.4 is 23.8 Å². The number of hydrogen-bond donors (Lipinski definition) is 2. The third kappa shape index (κ3) is 7.49. The summed E-state index contributed by atoms with van der Waals surface area (Å²) in [5, 5.41) is 2.99. The molecule has 0 saturated heterocycles. The minimum Gasteiger partial charge on any atom is -0.493 e. The maximum atomic E-state index is 13.7. The van der Waals surface area contributed by atoms with Gasteiger partial charge in [-0.3, -0.25) is 13.8 Å². The molecule has 0 saturated carbocycles. The van der Waals surface area contributed by atoms with E-state index in [0.29, 0.717) is 10.8 Å². The van der Waals surface area contributed by atoms with Gasteiger partial charge < -0.3 is 14.8 Å². The molecule has 0 radical (unpaired) electrons. The zero-order chi connectivity index (χ0) is 31.4. The molecule has 43 heavy (non-hydrogen) atoms. The van der Waals surface area contributed by atoms with Crippen molar-refractivity contribution in [3.05, 3.63) is 101 Å². The van der Waals surface area contributed by atoms with Crippen molar-refractivity contribution in [3.63, 3.8) is 0 Å². The van der Waals surface area contributed by atoms with E-state index in [-0.39, 0.29) is 37.6 Å². The highest BCUT2D eigenvalue weighted by Gasteiger charge is 2.28. The number of amides is 1. The number of anilines is 3. The summed E-state index contributed by atoms with van der Waals surface area (Å²) >= 11 is 11.9. The van der Waals surface area contributed by atoms with E-state index in [2.05, 4.69) is 10.0 Å². The van der Waals surface area contributed by atoms with Crippen LogP contribution in [-0.4, -0.2) is 43.5 Å². The molecule has 0 atom stereocenters. The molecule has 4 aromatic carbocycles. The van der Waals surface area contributed by atoms with Crippen LogP contribution >= 0.6 is 23.2 Å². The summed E-state index contributed by atoms with van der Waals surface area (Å²) in [5.41, 5.74) is 0.343. The van der Waals surface area contributed by atoms with Crippen LogP contribution in [0.5, 0.6) is 11.5 Å². The van der Waals surface area contributed by atoms with Gasteiger partial charge in [0.05, 0.1) is 40.4 Å². The molecule has 4 aromatic rings. The Kier molecular flexibility index (Phi) is 9.70. The van der Waals surface area contributed by atoms with Gasteiger partial charge in [0.25, 0.3) is 20.0 Å². The van der Waals surface area contributed by atoms with Crippen molar-refractivity contribution in [2.75, 3.05) is 35.1 Å². The lowest BCUT2D eigenvalue weighted by atomic mass is 10.3. The van der Waals surface area contributed by atoms with Gasteiger partial charge in [-0.2, -0.15) is 0 Å². The monoisotopic (exact) mass is 667 g/mol. The van der Waals surface area contributed by atoms with Crippen LogP contribution in [0.4, 0.5) is 21.5 Å². The molecular weight excluding hydrogens is 644 g/mol. The Morgan fingerprint density at radius 2 is 1.44 bits per heavy atom. The van der Waals surface area contributed by atoms with Crippen molar-refractivity contribution in [2.24, 2.45) is 0 Å². The van der Waals surface area contributed by atoms with Crippen LogP contribution in [0.1, 0.15) is 0 Å². The molecule has 0 bridgehead atoms. The molecule has 0 heterocycles. The van der Waals surface area contributed by atoms with Crippen LogP contribution in [0.3, 0.4) is 0 Å². The predicted molar refractivity (Wildman–Crippen MR) is 163 cm³/mol. The molecule has 0 unspecified atom stereocenters. The number of nitrogens with zero attached hydrogens (tertiary/aromatic N) is 1. The van der Waals surface area contributed by atoms with Crippen molar-refractivity contribution < 1.29 is 35.5 Å². The summed E-state index contributed by atoms with van der Waals surface area (Å²) in [4.78, 5) is 12.7. The summed E-state index contributed by atoms with van der Waals surface area (Å²) in [7, 11) is -5.66. The van der Waals surface area contributed by atoms with Gasteiger partial charge in [-0.25, -0.2) is 21.2 Å². The molecule has 0 aliphatic carbocycles. The second-order valence-electron chi connectivity index (χ2n) is 8.81. The van der Waals surface area contributed by atoms with E-state index in [0.717, 1.165) is 16.4 Å². The molecule has 4 rings (SSSR count). The third-order valence-electron chi connectivity index (χ3n) is 5.97. The fourth-order valence-corrected chi connectivity index (χ4v) is 6.88. The highest BCUT2D eigenvalue weighted by molar-refractivity contribution is 7.93. The second-order valence-corrected chi connectivity index (χ2v) is 13.2. The standard InChI is InChI=1S/C28H24Cl2FN3O7S2/c1-40-26-14-12-23(16-27(26)41-2)43(38,39)34(21-8-4-19(31)5-9-21)17-28(35)32-20-6-10-22(11-7-20)42(36,37)33-25-13-3-18(29)15-24(25)30/h3-16,33H,17H2,1-2H3,(H,32,35). The molecule has 1 amide bonds. The van der Waals surface area contributed by atoms with Crippen molar-refractivity contribution in [3.8, 4) is 11.5 Å². The summed E-state index contributed by atoms with van der Waals surface area (Å²) < 4.78 is 80.2. The van der Waals surface area contributed by atoms with E-state index >= 15 is 0 Å². The van der Waals surface area contributed by atoms with Gasteiger partial charge in [0.1, 0.15) is 12.4 Å². The van der Waals surface area contributed by atoms with Gasteiger partial charge >= 0.3 is 0 Å². The van der Waals surface area contributed by atoms with Crippen LogP contribution in [-0.2, 0) is 24.8 Å². The first-order valence-electron chi connectivity index (χ1n) is 12.2. The molecule has 0 aliphatic heterocycles. The summed E-state index contributed by atoms with van der Waals surface area (Å²) in [6.45, 7) is -0.695. The first kappa shape index (κ1) is 31.9. The van der Waals surface area contributed by atoms with E-state index in [1.807, 2.05) is 0 Å². The number of methoxy groups -OCH3 is 2. The maximum absolute atomic E-state index is 13.7. The number of benzene rings is 4. The SMILES string of the molecule is COc1ccc(S(=O)(=O)N(CC(=O)Nc2ccc(S(=O)(=O)Nc3ccc(Cl)cc3Cl)cc2)c2ccc(F)cc2)cc1OC. The first-order valence-corrected chi connectivity index (χ1v) is 15.9. The molecule has 0 spiro atoms. The van der Waals surface area contributed by atoms with Crippen molar-refractivity contribution in [2.45, 2.75) is 9.79 Å².